The lowest BCUT2D eigenvalue weighted by atomic mass is 9.49. The van der Waals surface area contributed by atoms with Crippen LogP contribution >= 0.6 is 0 Å². The molecule has 0 aromatic heterocycles. The molecule has 6 rings (SSSR count). The summed E-state index contributed by atoms with van der Waals surface area (Å²) in [5, 5.41) is 14.5. The van der Waals surface area contributed by atoms with Crippen molar-refractivity contribution in [3.8, 4) is 11.5 Å². The molecular weight excluding hydrogens is 354 g/mol. The maximum Gasteiger partial charge on any atom is 0.226 e. The highest BCUT2D eigenvalue weighted by Crippen LogP contribution is 2.60. The van der Waals surface area contributed by atoms with E-state index < -0.39 is 5.60 Å². The predicted octanol–water partition coefficient (Wildman–Crippen LogP) is 3.17. The fraction of sp³-hybridized carbons (Fsp3) is 0.696. The third kappa shape index (κ3) is 2.73. The van der Waals surface area contributed by atoms with E-state index in [4.69, 9.17) is 9.47 Å². The van der Waals surface area contributed by atoms with Crippen LogP contribution in [0.1, 0.15) is 56.1 Å². The number of hydrogen-bond acceptors (Lipinski definition) is 4. The highest BCUT2D eigenvalue weighted by atomic mass is 16.5. The van der Waals surface area contributed by atoms with Crippen molar-refractivity contribution >= 4 is 5.91 Å². The molecule has 152 valence electrons. The minimum absolute atomic E-state index is 0.175. The summed E-state index contributed by atoms with van der Waals surface area (Å²) in [6.45, 7) is 0.274. The normalized spacial score (nSPS) is 37.6. The first-order chi connectivity index (χ1) is 13.4. The van der Waals surface area contributed by atoms with Gasteiger partial charge >= 0.3 is 0 Å². The number of nitrogens with one attached hydrogen (secondary N) is 1. The van der Waals surface area contributed by atoms with Crippen LogP contribution in [0.15, 0.2) is 12.1 Å². The van der Waals surface area contributed by atoms with Gasteiger partial charge in [-0.25, -0.2) is 0 Å². The summed E-state index contributed by atoms with van der Waals surface area (Å²) < 4.78 is 10.8. The highest BCUT2D eigenvalue weighted by molar-refractivity contribution is 5.83. The lowest BCUT2D eigenvalue weighted by Gasteiger charge is -2.55. The van der Waals surface area contributed by atoms with Gasteiger partial charge in [0.25, 0.3) is 0 Å². The van der Waals surface area contributed by atoms with E-state index in [0.29, 0.717) is 17.9 Å². The van der Waals surface area contributed by atoms with Crippen molar-refractivity contribution in [2.75, 3.05) is 20.8 Å². The number of rotatable bonds is 5. The summed E-state index contributed by atoms with van der Waals surface area (Å²) in [5.74, 6) is 3.70. The average Bonchev–Trinajstić information content (AvgIpc) is 3.00. The number of benzene rings is 1. The summed E-state index contributed by atoms with van der Waals surface area (Å²) in [6, 6.07) is 3.82. The first-order valence-electron chi connectivity index (χ1n) is 10.7. The molecule has 0 heterocycles. The predicted molar refractivity (Wildman–Crippen MR) is 105 cm³/mol. The third-order valence-electron chi connectivity index (χ3n) is 7.98. The lowest BCUT2D eigenvalue weighted by molar-refractivity contribution is -0.147. The van der Waals surface area contributed by atoms with Gasteiger partial charge in [-0.2, -0.15) is 0 Å². The van der Waals surface area contributed by atoms with E-state index in [9.17, 15) is 9.90 Å². The number of carbonyl (C=O) groups excluding carboxylic acids is 1. The summed E-state index contributed by atoms with van der Waals surface area (Å²) in [6.07, 6.45) is 8.50. The molecule has 1 unspecified atom stereocenters. The van der Waals surface area contributed by atoms with Gasteiger partial charge in [0.15, 0.2) is 11.5 Å². The van der Waals surface area contributed by atoms with Gasteiger partial charge in [-0.05, 0) is 92.4 Å². The van der Waals surface area contributed by atoms with E-state index in [-0.39, 0.29) is 17.9 Å². The molecule has 28 heavy (non-hydrogen) atoms. The second kappa shape index (κ2) is 6.38. The van der Waals surface area contributed by atoms with E-state index in [2.05, 4.69) is 5.32 Å². The van der Waals surface area contributed by atoms with Crippen LogP contribution in [-0.2, 0) is 16.8 Å². The molecule has 4 fully saturated rings. The molecular formula is C23H31NO4. The number of ether oxygens (including phenoxy) is 2. The molecule has 1 amide bonds. The molecule has 4 saturated carbocycles. The Bertz CT molecular complexity index is 769. The molecule has 2 N–H and O–H groups in total. The molecule has 5 nitrogen and oxygen atoms in total. The molecule has 1 atom stereocenters. The van der Waals surface area contributed by atoms with Gasteiger partial charge in [-0.3, -0.25) is 4.79 Å². The van der Waals surface area contributed by atoms with Crippen LogP contribution < -0.4 is 14.8 Å². The number of fused-ring (bicyclic) bond motifs is 1. The van der Waals surface area contributed by atoms with E-state index in [1.807, 2.05) is 12.1 Å². The maximum absolute atomic E-state index is 13.3. The number of amides is 1. The Hall–Kier alpha value is -1.75. The quantitative estimate of drug-likeness (QED) is 0.817. The van der Waals surface area contributed by atoms with Gasteiger partial charge in [0.1, 0.15) is 5.60 Å². The molecule has 0 saturated heterocycles. The third-order valence-corrected chi connectivity index (χ3v) is 7.98. The first kappa shape index (κ1) is 18.3. The number of methoxy groups -OCH3 is 2. The van der Waals surface area contributed by atoms with Gasteiger partial charge in [0.2, 0.25) is 5.91 Å². The zero-order valence-electron chi connectivity index (χ0n) is 16.9. The van der Waals surface area contributed by atoms with Gasteiger partial charge in [-0.15, -0.1) is 0 Å². The molecule has 5 heteroatoms. The monoisotopic (exact) mass is 385 g/mol. The van der Waals surface area contributed by atoms with Crippen LogP contribution in [0, 0.1) is 23.2 Å². The first-order valence-corrected chi connectivity index (χ1v) is 10.7. The number of carbonyl (C=O) groups is 1. The number of aliphatic hydroxyl groups is 1. The SMILES string of the molecule is COc1cc2c(cc1OC)C(O)(CNC(=O)C13CC4CC(CC(C4)C1)C3)CC2. The summed E-state index contributed by atoms with van der Waals surface area (Å²) in [7, 11) is 3.23. The topological polar surface area (TPSA) is 67.8 Å². The minimum Gasteiger partial charge on any atom is -0.493 e. The molecule has 5 aliphatic carbocycles. The molecule has 0 radical (unpaired) electrons. The Balaban J connectivity index is 1.33. The Labute approximate surface area is 166 Å². The summed E-state index contributed by atoms with van der Waals surface area (Å²) in [5.41, 5.74) is 0.719. The van der Waals surface area contributed by atoms with Gasteiger partial charge in [-0.1, -0.05) is 0 Å². The number of aryl methyl sites for hydroxylation is 1. The largest absolute Gasteiger partial charge is 0.493 e. The Morgan fingerprint density at radius 3 is 2.21 bits per heavy atom. The van der Waals surface area contributed by atoms with Crippen LogP contribution in [0.25, 0.3) is 0 Å². The fourth-order valence-corrected chi connectivity index (χ4v) is 7.02. The van der Waals surface area contributed by atoms with E-state index in [0.717, 1.165) is 54.6 Å². The van der Waals surface area contributed by atoms with Gasteiger partial charge in [0, 0.05) is 5.41 Å². The van der Waals surface area contributed by atoms with Gasteiger partial charge < -0.3 is 19.9 Å². The van der Waals surface area contributed by atoms with Crippen LogP contribution in [0.3, 0.4) is 0 Å². The Kier molecular flexibility index (Phi) is 4.17. The van der Waals surface area contributed by atoms with Crippen LogP contribution in [0.2, 0.25) is 0 Å². The van der Waals surface area contributed by atoms with Crippen molar-refractivity contribution in [3.05, 3.63) is 23.3 Å². The van der Waals surface area contributed by atoms with Crippen molar-refractivity contribution in [2.24, 2.45) is 23.2 Å². The minimum atomic E-state index is -1.03. The smallest absolute Gasteiger partial charge is 0.226 e. The van der Waals surface area contributed by atoms with E-state index in [1.165, 1.54) is 19.3 Å². The number of hydrogen-bond donors (Lipinski definition) is 2. The second-order valence-corrected chi connectivity index (χ2v) is 9.78. The second-order valence-electron chi connectivity index (χ2n) is 9.78. The standard InChI is InChI=1S/C23H31NO4/c1-27-19-8-17-3-4-23(26,18(17)9-20(19)28-2)13-24-21(25)22-10-14-5-15(11-22)7-16(6-14)12-22/h8-9,14-16,26H,3-7,10-13H2,1-2H3,(H,24,25). The van der Waals surface area contributed by atoms with Crippen molar-refractivity contribution in [1.29, 1.82) is 0 Å². The molecule has 0 aliphatic heterocycles. The van der Waals surface area contributed by atoms with Crippen molar-refractivity contribution < 1.29 is 19.4 Å². The summed E-state index contributed by atoms with van der Waals surface area (Å²) in [4.78, 5) is 13.3. The molecule has 0 spiro atoms. The molecule has 5 aliphatic rings. The van der Waals surface area contributed by atoms with Crippen LogP contribution in [0.4, 0.5) is 0 Å². The molecule has 1 aromatic rings. The van der Waals surface area contributed by atoms with Crippen LogP contribution in [-0.4, -0.2) is 31.8 Å². The van der Waals surface area contributed by atoms with Gasteiger partial charge in [0.05, 0.1) is 20.8 Å². The van der Waals surface area contributed by atoms with Crippen molar-refractivity contribution in [1.82, 2.24) is 5.32 Å². The van der Waals surface area contributed by atoms with E-state index in [1.54, 1.807) is 14.2 Å². The average molecular weight is 386 g/mol. The van der Waals surface area contributed by atoms with Crippen molar-refractivity contribution in [2.45, 2.75) is 57.0 Å². The van der Waals surface area contributed by atoms with Crippen molar-refractivity contribution in [3.63, 3.8) is 0 Å². The van der Waals surface area contributed by atoms with E-state index >= 15 is 0 Å². The Morgan fingerprint density at radius 1 is 1.07 bits per heavy atom. The fourth-order valence-electron chi connectivity index (χ4n) is 7.02. The lowest BCUT2D eigenvalue weighted by Crippen LogP contribution is -2.55. The highest BCUT2D eigenvalue weighted by Gasteiger charge is 2.54. The Morgan fingerprint density at radius 2 is 1.64 bits per heavy atom. The zero-order chi connectivity index (χ0) is 19.5. The molecule has 1 aromatic carbocycles. The van der Waals surface area contributed by atoms with Crippen LogP contribution in [0.5, 0.6) is 11.5 Å². The maximum atomic E-state index is 13.3. The zero-order valence-corrected chi connectivity index (χ0v) is 16.9. The molecule has 4 bridgehead atoms. The summed E-state index contributed by atoms with van der Waals surface area (Å²) >= 11 is 0.